The van der Waals surface area contributed by atoms with Crippen molar-refractivity contribution in [3.63, 3.8) is 0 Å². The molecule has 1 atom stereocenters. The predicted molar refractivity (Wildman–Crippen MR) is 109 cm³/mol. The highest BCUT2D eigenvalue weighted by atomic mass is 19.1. The molecule has 1 aliphatic heterocycles. The minimum absolute atomic E-state index is 0.0438. The lowest BCUT2D eigenvalue weighted by Crippen LogP contribution is -2.52. The molecule has 1 saturated heterocycles. The van der Waals surface area contributed by atoms with Crippen LogP contribution in [0.1, 0.15) is 30.9 Å². The van der Waals surface area contributed by atoms with Gasteiger partial charge in [0, 0.05) is 19.6 Å². The summed E-state index contributed by atoms with van der Waals surface area (Å²) in [6.45, 7) is 5.23. The first kappa shape index (κ1) is 20.8. The molecule has 2 amide bonds. The van der Waals surface area contributed by atoms with Gasteiger partial charge in [0.25, 0.3) is 5.91 Å². The van der Waals surface area contributed by atoms with Crippen LogP contribution in [0.5, 0.6) is 5.75 Å². The third kappa shape index (κ3) is 5.34. The van der Waals surface area contributed by atoms with E-state index in [0.29, 0.717) is 25.4 Å². The van der Waals surface area contributed by atoms with Gasteiger partial charge in [0.05, 0.1) is 5.41 Å². The number of nitrogens with zero attached hydrogens (tertiary/aromatic N) is 1. The number of nitrogens with one attached hydrogen (secondary N) is 1. The van der Waals surface area contributed by atoms with E-state index in [1.54, 1.807) is 4.90 Å². The minimum atomic E-state index is -0.632. The maximum Gasteiger partial charge on any atom is 0.260 e. The topological polar surface area (TPSA) is 58.6 Å². The first-order valence-corrected chi connectivity index (χ1v) is 9.86. The number of carbonyl (C=O) groups excluding carboxylic acids is 2. The molecule has 1 N–H and O–H groups in total. The summed E-state index contributed by atoms with van der Waals surface area (Å²) in [6, 6.07) is 13.5. The quantitative estimate of drug-likeness (QED) is 0.811. The van der Waals surface area contributed by atoms with E-state index in [9.17, 15) is 14.0 Å². The summed E-state index contributed by atoms with van der Waals surface area (Å²) in [5.41, 5.74) is 1.59. The van der Waals surface area contributed by atoms with Crippen molar-refractivity contribution < 1.29 is 18.7 Å². The molecule has 3 rings (SSSR count). The molecule has 1 heterocycles. The van der Waals surface area contributed by atoms with Crippen molar-refractivity contribution >= 4 is 11.8 Å². The molecule has 1 fully saturated rings. The largest absolute Gasteiger partial charge is 0.484 e. The second kappa shape index (κ2) is 9.07. The highest BCUT2D eigenvalue weighted by Gasteiger charge is 2.39. The van der Waals surface area contributed by atoms with E-state index >= 15 is 0 Å². The molecule has 0 saturated carbocycles. The van der Waals surface area contributed by atoms with Gasteiger partial charge in [-0.05, 0) is 62.1 Å². The van der Waals surface area contributed by atoms with Gasteiger partial charge < -0.3 is 15.0 Å². The molecule has 2 aromatic rings. The van der Waals surface area contributed by atoms with E-state index < -0.39 is 5.41 Å². The number of piperidine rings is 1. The molecular weight excluding hydrogens is 371 g/mol. The number of rotatable bonds is 6. The monoisotopic (exact) mass is 398 g/mol. The highest BCUT2D eigenvalue weighted by molar-refractivity contribution is 5.84. The van der Waals surface area contributed by atoms with E-state index in [-0.39, 0.29) is 24.2 Å². The first-order chi connectivity index (χ1) is 13.9. The average Bonchev–Trinajstić information content (AvgIpc) is 2.72. The zero-order chi connectivity index (χ0) is 20.9. The predicted octanol–water partition coefficient (Wildman–Crippen LogP) is 3.46. The van der Waals surface area contributed by atoms with Crippen LogP contribution in [0, 0.1) is 18.2 Å². The Kier molecular flexibility index (Phi) is 6.52. The fraction of sp³-hybridized carbons (Fsp3) is 0.391. The molecule has 0 radical (unpaired) electrons. The number of aryl methyl sites for hydroxylation is 1. The minimum Gasteiger partial charge on any atom is -0.484 e. The van der Waals surface area contributed by atoms with Gasteiger partial charge >= 0.3 is 0 Å². The smallest absolute Gasteiger partial charge is 0.260 e. The van der Waals surface area contributed by atoms with Crippen LogP contribution in [0.25, 0.3) is 0 Å². The van der Waals surface area contributed by atoms with Gasteiger partial charge in [0.1, 0.15) is 11.6 Å². The standard InChI is InChI=1S/C23H27FN2O3/c1-17-6-3-4-7-18(17)14-25-22(28)23(2)12-5-13-26(16-23)21(27)15-29-20-10-8-19(24)9-11-20/h3-4,6-11H,5,12-16H2,1-2H3,(H,25,28). The number of hydrogen-bond acceptors (Lipinski definition) is 3. The van der Waals surface area contributed by atoms with Gasteiger partial charge in [-0.15, -0.1) is 0 Å². The van der Waals surface area contributed by atoms with Gasteiger partial charge in [-0.2, -0.15) is 0 Å². The lowest BCUT2D eigenvalue weighted by Gasteiger charge is -2.39. The number of benzene rings is 2. The Balaban J connectivity index is 1.54. The van der Waals surface area contributed by atoms with Crippen molar-refractivity contribution in [3.05, 3.63) is 65.5 Å². The Bertz CT molecular complexity index is 869. The molecule has 0 aliphatic carbocycles. The lowest BCUT2D eigenvalue weighted by molar-refractivity contribution is -0.142. The Hall–Kier alpha value is -2.89. The number of ether oxygens (including phenoxy) is 1. The summed E-state index contributed by atoms with van der Waals surface area (Å²) in [4.78, 5) is 27.1. The Labute approximate surface area is 170 Å². The van der Waals surface area contributed by atoms with Crippen LogP contribution in [0.2, 0.25) is 0 Å². The second-order valence-corrected chi connectivity index (χ2v) is 7.83. The van der Waals surface area contributed by atoms with Gasteiger partial charge in [-0.1, -0.05) is 24.3 Å². The van der Waals surface area contributed by atoms with Crippen LogP contribution in [-0.4, -0.2) is 36.4 Å². The van der Waals surface area contributed by atoms with E-state index in [2.05, 4.69) is 5.32 Å². The Morgan fingerprint density at radius 1 is 1.17 bits per heavy atom. The molecule has 1 unspecified atom stereocenters. The van der Waals surface area contributed by atoms with Crippen LogP contribution in [-0.2, 0) is 16.1 Å². The third-order valence-electron chi connectivity index (χ3n) is 5.47. The van der Waals surface area contributed by atoms with Crippen molar-refractivity contribution in [2.24, 2.45) is 5.41 Å². The molecule has 1 aliphatic rings. The molecule has 5 nitrogen and oxygen atoms in total. The van der Waals surface area contributed by atoms with Gasteiger partial charge in [-0.25, -0.2) is 4.39 Å². The van der Waals surface area contributed by atoms with E-state index in [4.69, 9.17) is 4.74 Å². The molecule has 0 bridgehead atoms. The molecule has 6 heteroatoms. The Morgan fingerprint density at radius 2 is 1.90 bits per heavy atom. The van der Waals surface area contributed by atoms with Gasteiger partial charge in [0.15, 0.2) is 6.61 Å². The summed E-state index contributed by atoms with van der Waals surface area (Å²) in [6.07, 6.45) is 1.49. The van der Waals surface area contributed by atoms with Crippen LogP contribution < -0.4 is 10.1 Å². The summed E-state index contributed by atoms with van der Waals surface area (Å²) >= 11 is 0. The molecule has 29 heavy (non-hydrogen) atoms. The van der Waals surface area contributed by atoms with Crippen LogP contribution in [0.4, 0.5) is 4.39 Å². The lowest BCUT2D eigenvalue weighted by atomic mass is 9.81. The average molecular weight is 398 g/mol. The van der Waals surface area contributed by atoms with Gasteiger partial charge in [0.2, 0.25) is 5.91 Å². The summed E-state index contributed by atoms with van der Waals surface area (Å²) in [5.74, 6) is -0.132. The summed E-state index contributed by atoms with van der Waals surface area (Å²) < 4.78 is 18.4. The van der Waals surface area contributed by atoms with Crippen molar-refractivity contribution in [1.29, 1.82) is 0 Å². The van der Waals surface area contributed by atoms with E-state index in [1.807, 2.05) is 38.1 Å². The van der Waals surface area contributed by atoms with Crippen LogP contribution >= 0.6 is 0 Å². The maximum absolute atomic E-state index is 13.0. The van der Waals surface area contributed by atoms with Crippen LogP contribution in [0.15, 0.2) is 48.5 Å². The molecule has 154 valence electrons. The SMILES string of the molecule is Cc1ccccc1CNC(=O)C1(C)CCCN(C(=O)COc2ccc(F)cc2)C1. The number of hydrogen-bond donors (Lipinski definition) is 1. The molecule has 0 spiro atoms. The Morgan fingerprint density at radius 3 is 2.62 bits per heavy atom. The zero-order valence-electron chi connectivity index (χ0n) is 16.9. The number of carbonyl (C=O) groups is 2. The van der Waals surface area contributed by atoms with Crippen molar-refractivity contribution in [2.75, 3.05) is 19.7 Å². The van der Waals surface area contributed by atoms with Crippen molar-refractivity contribution in [3.8, 4) is 5.75 Å². The van der Waals surface area contributed by atoms with Crippen molar-refractivity contribution in [2.45, 2.75) is 33.2 Å². The van der Waals surface area contributed by atoms with E-state index in [0.717, 1.165) is 24.0 Å². The van der Waals surface area contributed by atoms with E-state index in [1.165, 1.54) is 24.3 Å². The summed E-state index contributed by atoms with van der Waals surface area (Å²) in [5, 5.41) is 3.03. The fourth-order valence-electron chi connectivity index (χ4n) is 3.60. The van der Waals surface area contributed by atoms with Crippen molar-refractivity contribution in [1.82, 2.24) is 10.2 Å². The first-order valence-electron chi connectivity index (χ1n) is 9.86. The molecule has 2 aromatic carbocycles. The zero-order valence-corrected chi connectivity index (χ0v) is 16.9. The number of likely N-dealkylation sites (tertiary alicyclic amines) is 1. The highest BCUT2D eigenvalue weighted by Crippen LogP contribution is 2.30. The number of amides is 2. The van der Waals surface area contributed by atoms with Gasteiger partial charge in [-0.3, -0.25) is 9.59 Å². The third-order valence-corrected chi connectivity index (χ3v) is 5.47. The maximum atomic E-state index is 13.0. The molecule has 0 aromatic heterocycles. The normalized spacial score (nSPS) is 18.9. The number of halogens is 1. The van der Waals surface area contributed by atoms with Crippen LogP contribution in [0.3, 0.4) is 0 Å². The second-order valence-electron chi connectivity index (χ2n) is 7.83. The molecular formula is C23H27FN2O3. The summed E-state index contributed by atoms with van der Waals surface area (Å²) in [7, 11) is 0. The fourth-order valence-corrected chi connectivity index (χ4v) is 3.60.